The van der Waals surface area contributed by atoms with E-state index in [9.17, 15) is 8.42 Å². The van der Waals surface area contributed by atoms with E-state index in [0.717, 1.165) is 30.4 Å². The molecule has 0 aliphatic carbocycles. The number of benzene rings is 2. The minimum atomic E-state index is -4.13. The highest BCUT2D eigenvalue weighted by Crippen LogP contribution is 2.16. The first-order chi connectivity index (χ1) is 10.5. The monoisotopic (exact) mass is 317 g/mol. The second-order valence-corrected chi connectivity index (χ2v) is 6.25. The average Bonchev–Trinajstić information content (AvgIpc) is 2.49. The van der Waals surface area contributed by atoms with Crippen LogP contribution in [0.15, 0.2) is 58.5 Å². The van der Waals surface area contributed by atoms with Crippen molar-refractivity contribution in [3.8, 4) is 0 Å². The summed E-state index contributed by atoms with van der Waals surface area (Å²) in [5, 5.41) is 3.51. The number of nitrogens with zero attached hydrogens (tertiary/aromatic N) is 3. The number of rotatable bonds is 6. The molecule has 114 valence electrons. The summed E-state index contributed by atoms with van der Waals surface area (Å²) in [6, 6.07) is 13.6. The molecule has 0 amide bonds. The van der Waals surface area contributed by atoms with E-state index in [1.54, 1.807) is 24.3 Å². The Morgan fingerprint density at radius 2 is 1.45 bits per heavy atom. The number of azide groups is 1. The number of aryl methyl sites for hydroxylation is 2. The molecular weight excluding hydrogens is 302 g/mol. The minimum Gasteiger partial charge on any atom is -0.282 e. The van der Waals surface area contributed by atoms with E-state index in [0.29, 0.717) is 5.69 Å². The maximum atomic E-state index is 10.9. The summed E-state index contributed by atoms with van der Waals surface area (Å²) >= 11 is 0. The minimum absolute atomic E-state index is 0.0927. The van der Waals surface area contributed by atoms with E-state index >= 15 is 0 Å². The number of hydrogen-bond donors (Lipinski definition) is 1. The third-order valence-corrected chi connectivity index (χ3v) is 4.12. The summed E-state index contributed by atoms with van der Waals surface area (Å²) in [5.74, 6) is 0. The van der Waals surface area contributed by atoms with Crippen molar-refractivity contribution in [2.24, 2.45) is 5.11 Å². The molecule has 0 saturated heterocycles. The van der Waals surface area contributed by atoms with Gasteiger partial charge in [-0.1, -0.05) is 41.5 Å². The zero-order valence-electron chi connectivity index (χ0n) is 11.8. The maximum Gasteiger partial charge on any atom is 0.294 e. The molecule has 0 radical (unpaired) electrons. The highest BCUT2D eigenvalue weighted by molar-refractivity contribution is 7.85. The Hall–Kier alpha value is -2.34. The van der Waals surface area contributed by atoms with Crippen LogP contribution in [0.4, 0.5) is 5.69 Å². The molecule has 2 rings (SSSR count). The van der Waals surface area contributed by atoms with Crippen LogP contribution in [0.3, 0.4) is 0 Å². The summed E-state index contributed by atoms with van der Waals surface area (Å²) in [7, 11) is -4.13. The molecule has 0 fully saturated rings. The summed E-state index contributed by atoms with van der Waals surface area (Å²) < 4.78 is 30.8. The van der Waals surface area contributed by atoms with Crippen LogP contribution < -0.4 is 0 Å². The number of hydrogen-bond acceptors (Lipinski definition) is 3. The van der Waals surface area contributed by atoms with Crippen LogP contribution in [-0.4, -0.2) is 13.0 Å². The van der Waals surface area contributed by atoms with Gasteiger partial charge in [0.15, 0.2) is 0 Å². The molecule has 0 saturated carbocycles. The van der Waals surface area contributed by atoms with Crippen molar-refractivity contribution in [2.45, 2.75) is 24.2 Å². The fourth-order valence-corrected chi connectivity index (χ4v) is 2.59. The molecule has 6 nitrogen and oxygen atoms in total. The highest BCUT2D eigenvalue weighted by atomic mass is 32.2. The highest BCUT2D eigenvalue weighted by Gasteiger charge is 2.08. The van der Waals surface area contributed by atoms with Crippen molar-refractivity contribution in [1.82, 2.24) is 0 Å². The molecule has 0 heterocycles. The van der Waals surface area contributed by atoms with E-state index in [2.05, 4.69) is 10.0 Å². The van der Waals surface area contributed by atoms with Crippen LogP contribution in [0.2, 0.25) is 0 Å². The predicted octanol–water partition coefficient (Wildman–Crippen LogP) is 4.05. The van der Waals surface area contributed by atoms with Gasteiger partial charge in [-0.25, -0.2) is 0 Å². The molecule has 0 bridgehead atoms. The van der Waals surface area contributed by atoms with Crippen molar-refractivity contribution in [3.63, 3.8) is 0 Å². The van der Waals surface area contributed by atoms with E-state index < -0.39 is 10.1 Å². The van der Waals surface area contributed by atoms with Gasteiger partial charge in [-0.05, 0) is 48.1 Å². The second kappa shape index (κ2) is 7.09. The summed E-state index contributed by atoms with van der Waals surface area (Å²) in [4.78, 5) is 2.63. The molecule has 7 heteroatoms. The molecule has 0 aliphatic heterocycles. The lowest BCUT2D eigenvalue weighted by Crippen LogP contribution is -1.98. The van der Waals surface area contributed by atoms with Crippen molar-refractivity contribution in [2.75, 3.05) is 0 Å². The van der Waals surface area contributed by atoms with Gasteiger partial charge in [0.25, 0.3) is 10.1 Å². The Bertz CT molecular complexity index is 778. The van der Waals surface area contributed by atoms with E-state index in [1.165, 1.54) is 12.1 Å². The largest absolute Gasteiger partial charge is 0.294 e. The zero-order chi connectivity index (χ0) is 16.0. The maximum absolute atomic E-state index is 10.9. The fraction of sp³-hybridized carbons (Fsp3) is 0.200. The Morgan fingerprint density at radius 3 is 1.91 bits per heavy atom. The molecular formula is C15H15N3O3S. The van der Waals surface area contributed by atoms with Gasteiger partial charge in [0.2, 0.25) is 0 Å². The third kappa shape index (κ3) is 4.60. The van der Waals surface area contributed by atoms with Crippen molar-refractivity contribution >= 4 is 15.8 Å². The Labute approximate surface area is 128 Å². The van der Waals surface area contributed by atoms with Gasteiger partial charge in [-0.15, -0.1) is 0 Å². The molecule has 0 unspecified atom stereocenters. The molecule has 0 aromatic heterocycles. The van der Waals surface area contributed by atoms with Gasteiger partial charge in [-0.2, -0.15) is 8.42 Å². The normalized spacial score (nSPS) is 11.0. The van der Waals surface area contributed by atoms with Gasteiger partial charge in [-0.3, -0.25) is 4.55 Å². The first kappa shape index (κ1) is 16.0. The molecule has 2 aromatic carbocycles. The summed E-state index contributed by atoms with van der Waals surface area (Å²) in [5.41, 5.74) is 11.1. The Balaban J connectivity index is 1.89. The van der Waals surface area contributed by atoms with Gasteiger partial charge >= 0.3 is 0 Å². The lowest BCUT2D eigenvalue weighted by atomic mass is 10.0. The summed E-state index contributed by atoms with van der Waals surface area (Å²) in [6.45, 7) is 0. The van der Waals surface area contributed by atoms with E-state index in [1.807, 2.05) is 12.1 Å². The molecule has 0 aliphatic rings. The van der Waals surface area contributed by atoms with E-state index in [4.69, 9.17) is 10.1 Å². The Morgan fingerprint density at radius 1 is 0.955 bits per heavy atom. The summed E-state index contributed by atoms with van der Waals surface area (Å²) in [6.07, 6.45) is 2.59. The molecule has 0 atom stereocenters. The topological polar surface area (TPSA) is 103 Å². The van der Waals surface area contributed by atoms with Crippen molar-refractivity contribution in [3.05, 3.63) is 70.1 Å². The predicted molar refractivity (Wildman–Crippen MR) is 83.5 cm³/mol. The molecule has 22 heavy (non-hydrogen) atoms. The third-order valence-electron chi connectivity index (χ3n) is 3.25. The standard InChI is InChI=1S/C15H15N3O3S/c16-18-17-14-8-4-12(5-9-14)2-1-3-13-6-10-15(11-7-13)22(19,20)21/h4-11H,1-3H2,(H,19,20,21). The van der Waals surface area contributed by atoms with Crippen LogP contribution >= 0.6 is 0 Å². The average molecular weight is 317 g/mol. The van der Waals surface area contributed by atoms with Gasteiger partial charge < -0.3 is 0 Å². The SMILES string of the molecule is [N-]=[N+]=Nc1ccc(CCCc2ccc(S(=O)(=O)O)cc2)cc1. The van der Waals surface area contributed by atoms with Crippen LogP contribution in [0.5, 0.6) is 0 Å². The van der Waals surface area contributed by atoms with Crippen LogP contribution in [0.1, 0.15) is 17.5 Å². The van der Waals surface area contributed by atoms with Gasteiger partial charge in [0.05, 0.1) is 4.90 Å². The molecule has 2 aromatic rings. The lowest BCUT2D eigenvalue weighted by molar-refractivity contribution is 0.483. The van der Waals surface area contributed by atoms with Gasteiger partial charge in [0.1, 0.15) is 0 Å². The van der Waals surface area contributed by atoms with E-state index in [-0.39, 0.29) is 4.90 Å². The quantitative estimate of drug-likeness (QED) is 0.376. The smallest absolute Gasteiger partial charge is 0.282 e. The van der Waals surface area contributed by atoms with Gasteiger partial charge in [0, 0.05) is 10.6 Å². The van der Waals surface area contributed by atoms with Crippen LogP contribution in [0, 0.1) is 0 Å². The van der Waals surface area contributed by atoms with Crippen LogP contribution in [0.25, 0.3) is 10.4 Å². The van der Waals surface area contributed by atoms with Crippen molar-refractivity contribution in [1.29, 1.82) is 0 Å². The Kier molecular flexibility index (Phi) is 5.16. The molecule has 1 N–H and O–H groups in total. The van der Waals surface area contributed by atoms with Crippen LogP contribution in [-0.2, 0) is 23.0 Å². The molecule has 0 spiro atoms. The zero-order valence-corrected chi connectivity index (χ0v) is 12.6. The lowest BCUT2D eigenvalue weighted by Gasteiger charge is -2.04. The first-order valence-electron chi connectivity index (χ1n) is 6.69. The van der Waals surface area contributed by atoms with Crippen molar-refractivity contribution < 1.29 is 13.0 Å². The second-order valence-electron chi connectivity index (χ2n) is 4.83. The first-order valence-corrected chi connectivity index (χ1v) is 8.13. The fourth-order valence-electron chi connectivity index (χ4n) is 2.11.